The van der Waals surface area contributed by atoms with E-state index in [2.05, 4.69) is 10.6 Å². The third-order valence-corrected chi connectivity index (χ3v) is 4.19. The Morgan fingerprint density at radius 1 is 1.10 bits per heavy atom. The number of carboxylic acids is 1. The van der Waals surface area contributed by atoms with Gasteiger partial charge in [-0.1, -0.05) is 48.0 Å². The number of methoxy groups -OCH3 is 1. The molecule has 0 saturated carbocycles. The van der Waals surface area contributed by atoms with Crippen LogP contribution < -0.4 is 15.4 Å². The minimum Gasteiger partial charge on any atom is -0.495 e. The summed E-state index contributed by atoms with van der Waals surface area (Å²) in [6, 6.07) is 12.7. The van der Waals surface area contributed by atoms with Crippen LogP contribution in [0.2, 0.25) is 5.02 Å². The van der Waals surface area contributed by atoms with Crippen molar-refractivity contribution < 1.29 is 29.0 Å². The number of rotatable bonds is 9. The average Bonchev–Trinajstić information content (AvgIpc) is 2.71. The van der Waals surface area contributed by atoms with Crippen molar-refractivity contribution in [2.24, 2.45) is 0 Å². The summed E-state index contributed by atoms with van der Waals surface area (Å²) in [6.07, 6.45) is -0.763. The molecule has 0 unspecified atom stereocenters. The smallest absolute Gasteiger partial charge is 0.407 e. The molecule has 8 nitrogen and oxygen atoms in total. The largest absolute Gasteiger partial charge is 0.495 e. The molecule has 3 N–H and O–H groups in total. The molecular weight excluding hydrogens is 400 g/mol. The molecule has 0 saturated heterocycles. The molecule has 0 fully saturated rings. The van der Waals surface area contributed by atoms with E-state index in [4.69, 9.17) is 21.1 Å². The summed E-state index contributed by atoms with van der Waals surface area (Å²) in [5.41, 5.74) is 1.41. The van der Waals surface area contributed by atoms with E-state index in [-0.39, 0.29) is 13.0 Å². The minimum absolute atomic E-state index is 0.0171. The second-order valence-electron chi connectivity index (χ2n) is 6.05. The second-order valence-corrected chi connectivity index (χ2v) is 6.45. The number of nitrogens with one attached hydrogen (secondary N) is 2. The van der Waals surface area contributed by atoms with Crippen molar-refractivity contribution in [3.05, 3.63) is 64.7 Å². The van der Waals surface area contributed by atoms with Crippen LogP contribution in [0.4, 0.5) is 4.79 Å². The first-order chi connectivity index (χ1) is 13.9. The van der Waals surface area contributed by atoms with Gasteiger partial charge in [0.25, 0.3) is 0 Å². The van der Waals surface area contributed by atoms with Crippen LogP contribution in [0.3, 0.4) is 0 Å². The Balaban J connectivity index is 1.82. The van der Waals surface area contributed by atoms with E-state index in [1.54, 1.807) is 30.3 Å². The van der Waals surface area contributed by atoms with Gasteiger partial charge in [0, 0.05) is 6.42 Å². The topological polar surface area (TPSA) is 114 Å². The molecule has 2 aromatic rings. The number of amides is 2. The molecule has 154 valence electrons. The van der Waals surface area contributed by atoms with Crippen molar-refractivity contribution in [3.8, 4) is 5.75 Å². The van der Waals surface area contributed by atoms with Gasteiger partial charge in [-0.2, -0.15) is 0 Å². The molecule has 0 spiro atoms. The highest BCUT2D eigenvalue weighted by molar-refractivity contribution is 6.32. The summed E-state index contributed by atoms with van der Waals surface area (Å²) in [6.45, 7) is -0.356. The van der Waals surface area contributed by atoms with Gasteiger partial charge in [-0.15, -0.1) is 0 Å². The molecule has 0 aliphatic carbocycles. The number of carbonyl (C=O) groups is 3. The summed E-state index contributed by atoms with van der Waals surface area (Å²) in [5.74, 6) is -1.41. The number of alkyl carbamates (subject to hydrolysis) is 1. The maximum absolute atomic E-state index is 12.0. The van der Waals surface area contributed by atoms with Gasteiger partial charge in [0.2, 0.25) is 5.91 Å². The summed E-state index contributed by atoms with van der Waals surface area (Å²) >= 11 is 6.04. The second kappa shape index (κ2) is 10.9. The van der Waals surface area contributed by atoms with E-state index in [0.717, 1.165) is 5.56 Å². The maximum Gasteiger partial charge on any atom is 0.407 e. The molecule has 0 aliphatic heterocycles. The molecule has 0 aliphatic rings. The van der Waals surface area contributed by atoms with Crippen LogP contribution in [0.25, 0.3) is 0 Å². The van der Waals surface area contributed by atoms with Gasteiger partial charge in [0.15, 0.2) is 0 Å². The monoisotopic (exact) mass is 420 g/mol. The SMILES string of the molecule is COc1ccc(C[C@H](NC(=O)CNC(=O)OCc2ccccc2)C(=O)O)cc1Cl. The molecule has 2 aromatic carbocycles. The third kappa shape index (κ3) is 7.34. The molecule has 0 heterocycles. The highest BCUT2D eigenvalue weighted by Crippen LogP contribution is 2.25. The molecular formula is C20H21ClN2O6. The molecule has 2 rings (SSSR count). The Bertz CT molecular complexity index is 859. The van der Waals surface area contributed by atoms with Crippen molar-refractivity contribution in [1.29, 1.82) is 0 Å². The molecule has 0 bridgehead atoms. The van der Waals surface area contributed by atoms with Gasteiger partial charge >= 0.3 is 12.1 Å². The fourth-order valence-corrected chi connectivity index (χ4v) is 2.72. The number of benzene rings is 2. The third-order valence-electron chi connectivity index (χ3n) is 3.90. The Labute approximate surface area is 172 Å². The van der Waals surface area contributed by atoms with Crippen LogP contribution in [0.1, 0.15) is 11.1 Å². The molecule has 2 amide bonds. The van der Waals surface area contributed by atoms with Crippen molar-refractivity contribution in [3.63, 3.8) is 0 Å². The summed E-state index contributed by atoms with van der Waals surface area (Å²) < 4.78 is 10.0. The number of hydrogen-bond donors (Lipinski definition) is 3. The lowest BCUT2D eigenvalue weighted by molar-refractivity contribution is -0.141. The number of carbonyl (C=O) groups excluding carboxylic acids is 2. The molecule has 29 heavy (non-hydrogen) atoms. The van der Waals surface area contributed by atoms with Crippen LogP contribution in [-0.4, -0.2) is 42.8 Å². The number of aliphatic carboxylic acids is 1. The molecule has 0 radical (unpaired) electrons. The normalized spacial score (nSPS) is 11.2. The molecule has 0 aromatic heterocycles. The molecule has 1 atom stereocenters. The zero-order valence-corrected chi connectivity index (χ0v) is 16.4. The fraction of sp³-hybridized carbons (Fsp3) is 0.250. The fourth-order valence-electron chi connectivity index (χ4n) is 2.44. The van der Waals surface area contributed by atoms with Gasteiger partial charge in [-0.3, -0.25) is 4.79 Å². The maximum atomic E-state index is 12.0. The van der Waals surface area contributed by atoms with E-state index in [0.29, 0.717) is 16.3 Å². The quantitative estimate of drug-likeness (QED) is 0.574. The summed E-state index contributed by atoms with van der Waals surface area (Å²) in [4.78, 5) is 35.1. The van der Waals surface area contributed by atoms with Gasteiger partial charge in [0.1, 0.15) is 24.9 Å². The predicted molar refractivity (Wildman–Crippen MR) is 106 cm³/mol. The summed E-state index contributed by atoms with van der Waals surface area (Å²) in [7, 11) is 1.47. The zero-order valence-electron chi connectivity index (χ0n) is 15.7. The van der Waals surface area contributed by atoms with Crippen molar-refractivity contribution >= 4 is 29.6 Å². The lowest BCUT2D eigenvalue weighted by atomic mass is 10.1. The summed E-state index contributed by atoms with van der Waals surface area (Å²) in [5, 5.41) is 14.3. The first-order valence-electron chi connectivity index (χ1n) is 8.68. The minimum atomic E-state index is -1.21. The van der Waals surface area contributed by atoms with Crippen LogP contribution in [0.5, 0.6) is 5.75 Å². The van der Waals surface area contributed by atoms with Crippen LogP contribution >= 0.6 is 11.6 Å². The van der Waals surface area contributed by atoms with Crippen molar-refractivity contribution in [2.45, 2.75) is 19.1 Å². The van der Waals surface area contributed by atoms with Gasteiger partial charge < -0.3 is 25.2 Å². The highest BCUT2D eigenvalue weighted by Gasteiger charge is 2.21. The predicted octanol–water partition coefficient (Wildman–Crippen LogP) is 2.39. The van der Waals surface area contributed by atoms with Gasteiger partial charge in [0.05, 0.1) is 12.1 Å². The molecule has 9 heteroatoms. The Hall–Kier alpha value is -3.26. The Kier molecular flexibility index (Phi) is 8.29. The Morgan fingerprint density at radius 3 is 2.45 bits per heavy atom. The van der Waals surface area contributed by atoms with Crippen molar-refractivity contribution in [1.82, 2.24) is 10.6 Å². The zero-order chi connectivity index (χ0) is 21.2. The van der Waals surface area contributed by atoms with Crippen molar-refractivity contribution in [2.75, 3.05) is 13.7 Å². The van der Waals surface area contributed by atoms with E-state index < -0.39 is 30.6 Å². The van der Waals surface area contributed by atoms with Crippen LogP contribution in [0.15, 0.2) is 48.5 Å². The van der Waals surface area contributed by atoms with E-state index in [1.165, 1.54) is 7.11 Å². The van der Waals surface area contributed by atoms with Gasteiger partial charge in [-0.25, -0.2) is 9.59 Å². The van der Waals surface area contributed by atoms with Gasteiger partial charge in [-0.05, 0) is 23.3 Å². The van der Waals surface area contributed by atoms with E-state index in [1.807, 2.05) is 18.2 Å². The lowest BCUT2D eigenvalue weighted by Crippen LogP contribution is -2.46. The number of halogens is 1. The number of ether oxygens (including phenoxy) is 2. The number of carboxylic acid groups (broad SMARTS) is 1. The van der Waals surface area contributed by atoms with E-state index in [9.17, 15) is 19.5 Å². The average molecular weight is 421 g/mol. The van der Waals surface area contributed by atoms with Crippen LogP contribution in [-0.2, 0) is 27.4 Å². The first-order valence-corrected chi connectivity index (χ1v) is 9.06. The lowest BCUT2D eigenvalue weighted by Gasteiger charge is -2.15. The Morgan fingerprint density at radius 2 is 1.83 bits per heavy atom. The van der Waals surface area contributed by atoms with Crippen LogP contribution in [0, 0.1) is 0 Å². The highest BCUT2D eigenvalue weighted by atomic mass is 35.5. The first kappa shape index (κ1) is 22.0. The number of hydrogen-bond acceptors (Lipinski definition) is 5. The van der Waals surface area contributed by atoms with E-state index >= 15 is 0 Å². The standard InChI is InChI=1S/C20H21ClN2O6/c1-28-17-8-7-14(9-15(17)21)10-16(19(25)26)23-18(24)11-22-20(27)29-12-13-5-3-2-4-6-13/h2-9,16H,10-12H2,1H3,(H,22,27)(H,23,24)(H,25,26)/t16-/m0/s1.